The summed E-state index contributed by atoms with van der Waals surface area (Å²) in [4.78, 5) is 0. The maximum Gasteiger partial charge on any atom is 0.0355 e. The molecule has 0 bridgehead atoms. The van der Waals surface area contributed by atoms with Gasteiger partial charge in [-0.3, -0.25) is 0 Å². The number of hydrogen-bond acceptors (Lipinski definition) is 1. The maximum atomic E-state index is 2.38. The smallest absolute Gasteiger partial charge is 0.0355 e. The van der Waals surface area contributed by atoms with Crippen LogP contribution in [0.2, 0.25) is 0 Å². The molecule has 0 aliphatic heterocycles. The lowest BCUT2D eigenvalue weighted by Crippen LogP contribution is -1.88. The van der Waals surface area contributed by atoms with Crippen molar-refractivity contribution in [2.24, 2.45) is 0 Å². The number of rotatable bonds is 4. The Kier molecular flexibility index (Phi) is 7.58. The van der Waals surface area contributed by atoms with Crippen LogP contribution in [-0.2, 0) is 0 Å². The molecule has 0 radical (unpaired) electrons. The third-order valence-electron chi connectivity index (χ3n) is 13.0. The van der Waals surface area contributed by atoms with Gasteiger partial charge in [0.25, 0.3) is 0 Å². The van der Waals surface area contributed by atoms with Gasteiger partial charge in [0, 0.05) is 20.2 Å². The monoisotopic (exact) mass is 788 g/mol. The van der Waals surface area contributed by atoms with Crippen LogP contribution in [0.1, 0.15) is 0 Å². The molecule has 0 N–H and O–H groups in total. The fraction of sp³-hybridized carbons (Fsp3) is 0. The zero-order valence-corrected chi connectivity index (χ0v) is 34.0. The molecule has 13 rings (SSSR count). The van der Waals surface area contributed by atoms with E-state index < -0.39 is 0 Å². The molecule has 13 aromatic rings. The summed E-state index contributed by atoms with van der Waals surface area (Å²) in [7, 11) is 0. The summed E-state index contributed by atoms with van der Waals surface area (Å²) in [6.07, 6.45) is 0. The predicted molar refractivity (Wildman–Crippen MR) is 266 cm³/mol. The zero-order chi connectivity index (χ0) is 40.0. The molecule has 0 saturated heterocycles. The molecule has 0 saturated carbocycles. The number of hydrogen-bond donors (Lipinski definition) is 0. The highest BCUT2D eigenvalue weighted by atomic mass is 32.1. The predicted octanol–water partition coefficient (Wildman–Crippen LogP) is 17.6. The minimum Gasteiger partial charge on any atom is -0.135 e. The van der Waals surface area contributed by atoms with Crippen LogP contribution >= 0.6 is 11.3 Å². The lowest BCUT2D eigenvalue weighted by Gasteiger charge is -2.14. The van der Waals surface area contributed by atoms with E-state index in [1.54, 1.807) is 0 Å². The van der Waals surface area contributed by atoms with Gasteiger partial charge >= 0.3 is 0 Å². The van der Waals surface area contributed by atoms with Gasteiger partial charge in [-0.15, -0.1) is 11.3 Å². The molecule has 0 fully saturated rings. The van der Waals surface area contributed by atoms with Crippen molar-refractivity contribution in [3.8, 4) is 44.5 Å². The van der Waals surface area contributed by atoms with Gasteiger partial charge in [-0.2, -0.15) is 0 Å². The molecule has 282 valence electrons. The van der Waals surface area contributed by atoms with Gasteiger partial charge in [0.1, 0.15) is 0 Å². The topological polar surface area (TPSA) is 0 Å². The third kappa shape index (κ3) is 5.66. The molecule has 0 spiro atoms. The first-order valence-electron chi connectivity index (χ1n) is 21.0. The Hall–Kier alpha value is -7.58. The highest BCUT2D eigenvalue weighted by Gasteiger charge is 2.13. The van der Waals surface area contributed by atoms with Gasteiger partial charge in [-0.05, 0) is 170 Å². The van der Waals surface area contributed by atoms with Gasteiger partial charge in [-0.25, -0.2) is 0 Å². The highest BCUT2D eigenvalue weighted by Crippen LogP contribution is 2.40. The molecule has 1 heteroatoms. The normalized spacial score (nSPS) is 11.9. The summed E-state index contributed by atoms with van der Waals surface area (Å²) in [6.45, 7) is 0. The van der Waals surface area contributed by atoms with Crippen LogP contribution in [0.25, 0.3) is 129 Å². The molecule has 12 aromatic carbocycles. The second kappa shape index (κ2) is 13.5. The van der Waals surface area contributed by atoms with E-state index in [2.05, 4.69) is 218 Å². The summed E-state index contributed by atoms with van der Waals surface area (Å²) in [5.74, 6) is 0. The lowest BCUT2D eigenvalue weighted by atomic mass is 9.90. The molecule has 0 unspecified atom stereocenters. The second-order valence-electron chi connectivity index (χ2n) is 16.5. The van der Waals surface area contributed by atoms with Crippen LogP contribution in [0.4, 0.5) is 0 Å². The first-order valence-corrected chi connectivity index (χ1v) is 21.9. The number of benzene rings is 12. The fourth-order valence-corrected chi connectivity index (χ4v) is 10.9. The minimum atomic E-state index is 1.21. The lowest BCUT2D eigenvalue weighted by molar-refractivity contribution is 1.59. The fourth-order valence-electron chi connectivity index (χ4n) is 9.85. The van der Waals surface area contributed by atoms with Crippen molar-refractivity contribution in [2.45, 2.75) is 0 Å². The van der Waals surface area contributed by atoms with Gasteiger partial charge in [-0.1, -0.05) is 158 Å². The molecule has 1 heterocycles. The Morgan fingerprint density at radius 1 is 0.180 bits per heavy atom. The maximum absolute atomic E-state index is 2.38. The first kappa shape index (κ1) is 34.3. The van der Waals surface area contributed by atoms with Crippen LogP contribution < -0.4 is 0 Å². The Bertz CT molecular complexity index is 3800. The van der Waals surface area contributed by atoms with Crippen molar-refractivity contribution >= 4 is 96.1 Å². The standard InChI is InChI=1S/C60H36S/c1-3-9-51-37(7-1)13-15-44-30-40(20-25-53(44)51)48-33-49(41-21-26-54-45(31-41)16-14-38-8-2-4-10-52(38)54)35-50(34-48)42-22-27-56-47(32-42)18-17-46-29-39(19-24-55(46)56)43-23-28-60-58(36-43)57-11-5-6-12-59(57)61-60/h1-36H. The summed E-state index contributed by atoms with van der Waals surface area (Å²) in [5.41, 5.74) is 9.76. The van der Waals surface area contributed by atoms with Crippen molar-refractivity contribution in [2.75, 3.05) is 0 Å². The van der Waals surface area contributed by atoms with Crippen LogP contribution in [0.15, 0.2) is 218 Å². The average Bonchev–Trinajstić information content (AvgIpc) is 3.71. The van der Waals surface area contributed by atoms with Crippen LogP contribution in [0.5, 0.6) is 0 Å². The van der Waals surface area contributed by atoms with Crippen LogP contribution in [0, 0.1) is 0 Å². The van der Waals surface area contributed by atoms with E-state index in [9.17, 15) is 0 Å². The number of fused-ring (bicyclic) bond motifs is 12. The van der Waals surface area contributed by atoms with E-state index in [0.717, 1.165) is 0 Å². The molecule has 0 aliphatic carbocycles. The van der Waals surface area contributed by atoms with Crippen molar-refractivity contribution < 1.29 is 0 Å². The molecule has 0 nitrogen and oxygen atoms in total. The molecule has 1 aromatic heterocycles. The molecule has 0 amide bonds. The Balaban J connectivity index is 0.932. The quantitative estimate of drug-likeness (QED) is 0.156. The minimum absolute atomic E-state index is 1.21. The van der Waals surface area contributed by atoms with E-state index in [1.165, 1.54) is 129 Å². The van der Waals surface area contributed by atoms with E-state index in [4.69, 9.17) is 0 Å². The Morgan fingerprint density at radius 2 is 0.508 bits per heavy atom. The van der Waals surface area contributed by atoms with E-state index in [0.29, 0.717) is 0 Å². The summed E-state index contributed by atoms with van der Waals surface area (Å²) in [6, 6.07) is 81.6. The van der Waals surface area contributed by atoms with E-state index in [-0.39, 0.29) is 0 Å². The largest absolute Gasteiger partial charge is 0.135 e. The summed E-state index contributed by atoms with van der Waals surface area (Å²) < 4.78 is 2.68. The third-order valence-corrected chi connectivity index (χ3v) is 14.1. The van der Waals surface area contributed by atoms with Crippen LogP contribution in [-0.4, -0.2) is 0 Å². The Morgan fingerprint density at radius 3 is 0.984 bits per heavy atom. The SMILES string of the molecule is c1ccc2c(c1)ccc1cc(-c3cc(-c4ccc5c(ccc6ccccc65)c4)cc(-c4ccc5c(ccc6cc(-c7ccc8sc9ccccc9c8c7)ccc65)c4)c3)ccc12. The molecular weight excluding hydrogens is 753 g/mol. The molecule has 61 heavy (non-hydrogen) atoms. The van der Waals surface area contributed by atoms with E-state index >= 15 is 0 Å². The number of thiophene rings is 1. The van der Waals surface area contributed by atoms with Crippen molar-refractivity contribution in [3.05, 3.63) is 218 Å². The van der Waals surface area contributed by atoms with Gasteiger partial charge in [0.05, 0.1) is 0 Å². The molecular formula is C60H36S. The van der Waals surface area contributed by atoms with Crippen molar-refractivity contribution in [1.82, 2.24) is 0 Å². The second-order valence-corrected chi connectivity index (χ2v) is 17.6. The summed E-state index contributed by atoms with van der Waals surface area (Å²) in [5, 5.41) is 17.9. The summed E-state index contributed by atoms with van der Waals surface area (Å²) >= 11 is 1.87. The highest BCUT2D eigenvalue weighted by molar-refractivity contribution is 7.25. The van der Waals surface area contributed by atoms with Gasteiger partial charge in [0.2, 0.25) is 0 Å². The zero-order valence-electron chi connectivity index (χ0n) is 33.2. The molecule has 0 aliphatic rings. The first-order chi connectivity index (χ1) is 30.2. The average molecular weight is 789 g/mol. The van der Waals surface area contributed by atoms with Gasteiger partial charge < -0.3 is 0 Å². The van der Waals surface area contributed by atoms with Crippen LogP contribution in [0.3, 0.4) is 0 Å². The Labute approximate surface area is 357 Å². The van der Waals surface area contributed by atoms with E-state index in [1.807, 2.05) is 11.3 Å². The van der Waals surface area contributed by atoms with Crippen molar-refractivity contribution in [3.63, 3.8) is 0 Å². The van der Waals surface area contributed by atoms with Gasteiger partial charge in [0.15, 0.2) is 0 Å². The van der Waals surface area contributed by atoms with Crippen molar-refractivity contribution in [1.29, 1.82) is 0 Å². The molecule has 0 atom stereocenters.